The third kappa shape index (κ3) is 18.5. The van der Waals surface area contributed by atoms with Gasteiger partial charge in [0.05, 0.1) is 31.1 Å². The molecule has 0 aliphatic carbocycles. The highest BCUT2D eigenvalue weighted by molar-refractivity contribution is 7.12. The van der Waals surface area contributed by atoms with Gasteiger partial charge in [0.1, 0.15) is 0 Å². The van der Waals surface area contributed by atoms with Crippen LogP contribution < -0.4 is 11.1 Å². The summed E-state index contributed by atoms with van der Waals surface area (Å²) in [4.78, 5) is 46.2. The van der Waals surface area contributed by atoms with E-state index in [1.807, 2.05) is 33.4 Å². The second-order valence-electron chi connectivity index (χ2n) is 12.6. The summed E-state index contributed by atoms with van der Waals surface area (Å²) in [6, 6.07) is 24.5. The van der Waals surface area contributed by atoms with Crippen LogP contribution in [0.15, 0.2) is 105 Å². The molecule has 6 heterocycles. The van der Waals surface area contributed by atoms with Crippen LogP contribution in [0.2, 0.25) is 0 Å². The van der Waals surface area contributed by atoms with E-state index in [9.17, 15) is 14.4 Å². The van der Waals surface area contributed by atoms with Crippen LogP contribution in [-0.4, -0.2) is 41.0 Å². The number of unbranched alkanes of at least 4 members (excludes halogenated alkanes) is 4. The number of carbonyl (C=O) groups excluding carboxylic acids is 3. The Bertz CT molecular complexity index is 1720. The lowest BCUT2D eigenvalue weighted by atomic mass is 10.1. The van der Waals surface area contributed by atoms with Crippen LogP contribution in [0.3, 0.4) is 0 Å². The summed E-state index contributed by atoms with van der Waals surface area (Å²) in [7, 11) is 0. The first kappa shape index (κ1) is 44.4. The number of amides is 2. The van der Waals surface area contributed by atoms with Crippen molar-refractivity contribution in [3.63, 3.8) is 0 Å². The zero-order chi connectivity index (χ0) is 38.8. The van der Waals surface area contributed by atoms with Crippen LogP contribution in [-0.2, 0) is 42.3 Å². The topological polar surface area (TPSA) is 95.7 Å². The van der Waals surface area contributed by atoms with Gasteiger partial charge in [-0.15, -0.1) is 68.0 Å². The maximum atomic E-state index is 12.8. The van der Waals surface area contributed by atoms with Crippen molar-refractivity contribution in [1.82, 2.24) is 15.1 Å². The van der Waals surface area contributed by atoms with Crippen molar-refractivity contribution >= 4 is 86.1 Å². The van der Waals surface area contributed by atoms with Gasteiger partial charge in [-0.3, -0.25) is 14.4 Å². The third-order valence-corrected chi connectivity index (χ3v) is 13.4. The van der Waals surface area contributed by atoms with Crippen molar-refractivity contribution in [2.45, 2.75) is 84.1 Å². The Morgan fingerprint density at radius 1 is 0.527 bits per heavy atom. The van der Waals surface area contributed by atoms with Gasteiger partial charge < -0.3 is 20.9 Å². The van der Waals surface area contributed by atoms with Gasteiger partial charge in [0.2, 0.25) is 11.8 Å². The zero-order valence-electron chi connectivity index (χ0n) is 31.2. The Hall–Kier alpha value is -3.27. The van der Waals surface area contributed by atoms with E-state index in [0.29, 0.717) is 32.5 Å². The quantitative estimate of drug-likeness (QED) is 0.0524. The number of nitrogens with two attached hydrogens (primary N) is 1. The van der Waals surface area contributed by atoms with Gasteiger partial charge >= 0.3 is 0 Å². The van der Waals surface area contributed by atoms with Gasteiger partial charge in [-0.1, -0.05) is 49.2 Å². The first-order valence-electron chi connectivity index (χ1n) is 18.6. The van der Waals surface area contributed by atoms with Gasteiger partial charge in [-0.2, -0.15) is 0 Å². The lowest BCUT2D eigenvalue weighted by Crippen LogP contribution is -2.29. The maximum absolute atomic E-state index is 12.8. The molecule has 0 atom stereocenters. The van der Waals surface area contributed by atoms with Crippen LogP contribution in [0.25, 0.3) is 0 Å². The first-order chi connectivity index (χ1) is 27.0. The minimum absolute atomic E-state index is 0.244. The van der Waals surface area contributed by atoms with Crippen molar-refractivity contribution < 1.29 is 14.4 Å². The zero-order valence-corrected chi connectivity index (χ0v) is 36.1. The number of nitrogens with one attached hydrogen (secondary N) is 1. The number of aldehydes is 1. The molecule has 0 spiro atoms. The molecule has 294 valence electrons. The summed E-state index contributed by atoms with van der Waals surface area (Å²) in [5.74, 6) is 0.511. The summed E-state index contributed by atoms with van der Waals surface area (Å²) in [6.45, 7) is 5.54. The second kappa shape index (κ2) is 27.3. The monoisotopic (exact) mass is 852 g/mol. The molecule has 0 aliphatic heterocycles. The molecule has 55 heavy (non-hydrogen) atoms. The minimum atomic E-state index is 0.244. The second-order valence-corrected chi connectivity index (χ2v) is 18.8. The van der Waals surface area contributed by atoms with E-state index < -0.39 is 0 Å². The summed E-state index contributed by atoms with van der Waals surface area (Å²) in [5, 5.41) is 15.7. The van der Waals surface area contributed by atoms with Crippen LogP contribution in [0.1, 0.15) is 85.4 Å². The Morgan fingerprint density at radius 2 is 0.927 bits per heavy atom. The molecular formula is C42H52N4O3S6. The summed E-state index contributed by atoms with van der Waals surface area (Å²) >= 11 is 10.1. The fourth-order valence-electron chi connectivity index (χ4n) is 5.43. The Kier molecular flexibility index (Phi) is 22.1. The predicted molar refractivity (Wildman–Crippen MR) is 238 cm³/mol. The maximum Gasteiger partial charge on any atom is 0.223 e. The molecule has 0 saturated carbocycles. The van der Waals surface area contributed by atoms with Gasteiger partial charge in [0.25, 0.3) is 0 Å². The Balaban J connectivity index is 0.000000212. The molecule has 7 nitrogen and oxygen atoms in total. The Labute approximate surface area is 350 Å². The fourth-order valence-corrected chi connectivity index (χ4v) is 9.51. The van der Waals surface area contributed by atoms with Gasteiger partial charge in [0.15, 0.2) is 6.29 Å². The van der Waals surface area contributed by atoms with Gasteiger partial charge in [-0.25, -0.2) is 0 Å². The SMILES string of the molecule is NCCCCCC(=O)N(Cc1cccs1)Cc1cccs1.O=C(CCCCCNCc1cccs1)N(Cc1cccs1)Cc1cccs1.O=Cc1cccs1. The average molecular weight is 853 g/mol. The first-order valence-corrected chi connectivity index (χ1v) is 23.9. The number of rotatable bonds is 22. The molecule has 0 fully saturated rings. The summed E-state index contributed by atoms with van der Waals surface area (Å²) in [5.41, 5.74) is 5.49. The Morgan fingerprint density at radius 3 is 1.27 bits per heavy atom. The lowest BCUT2D eigenvalue weighted by molar-refractivity contribution is -0.133. The molecule has 13 heteroatoms. The van der Waals surface area contributed by atoms with Crippen molar-refractivity contribution in [1.29, 1.82) is 0 Å². The van der Waals surface area contributed by atoms with Crippen molar-refractivity contribution in [2.24, 2.45) is 5.73 Å². The van der Waals surface area contributed by atoms with Crippen molar-refractivity contribution in [3.05, 3.63) is 134 Å². The standard InChI is InChI=1S/C21H26N2OS3.C16H22N2OS2.C5H4OS/c24-21(10-2-1-3-11-22-15-18-7-4-12-25-18)23(16-19-8-5-13-26-19)17-20-9-6-14-27-20;17-9-3-1-2-8-16(19)18(12-14-6-4-10-20-14)13-15-7-5-11-21-15;6-4-5-2-1-3-7-5/h4-9,12-14,22H,1-3,10-11,15-17H2;4-7,10-11H,1-3,8-9,12-13,17H2;1-4H. The minimum Gasteiger partial charge on any atom is -0.332 e. The van der Waals surface area contributed by atoms with Gasteiger partial charge in [-0.05, 0) is 107 Å². The highest BCUT2D eigenvalue weighted by atomic mass is 32.1. The number of thiophene rings is 6. The number of carbonyl (C=O) groups is 3. The number of nitrogens with zero attached hydrogens (tertiary/aromatic N) is 2. The third-order valence-electron chi connectivity index (χ3n) is 8.29. The molecule has 0 aromatic carbocycles. The van der Waals surface area contributed by atoms with Crippen molar-refractivity contribution in [2.75, 3.05) is 13.1 Å². The van der Waals surface area contributed by atoms with Crippen LogP contribution >= 0.6 is 68.0 Å². The molecule has 0 saturated heterocycles. The van der Waals surface area contributed by atoms with Crippen molar-refractivity contribution in [3.8, 4) is 0 Å². The highest BCUT2D eigenvalue weighted by Crippen LogP contribution is 2.20. The summed E-state index contributed by atoms with van der Waals surface area (Å²) < 4.78 is 0. The smallest absolute Gasteiger partial charge is 0.223 e. The average Bonchev–Trinajstić information content (AvgIpc) is 4.06. The summed E-state index contributed by atoms with van der Waals surface area (Å²) in [6.07, 6.45) is 8.26. The lowest BCUT2D eigenvalue weighted by Gasteiger charge is -2.21. The normalized spacial score (nSPS) is 10.6. The fraction of sp³-hybridized carbons (Fsp3) is 0.357. The molecular weight excluding hydrogens is 801 g/mol. The highest BCUT2D eigenvalue weighted by Gasteiger charge is 2.16. The van der Waals surface area contributed by atoms with E-state index in [2.05, 4.69) is 80.7 Å². The van der Waals surface area contributed by atoms with E-state index >= 15 is 0 Å². The largest absolute Gasteiger partial charge is 0.332 e. The van der Waals surface area contributed by atoms with E-state index in [-0.39, 0.29) is 11.8 Å². The van der Waals surface area contributed by atoms with Crippen LogP contribution in [0.4, 0.5) is 0 Å². The molecule has 6 aromatic rings. The molecule has 0 aliphatic rings. The van der Waals surface area contributed by atoms with E-state index in [0.717, 1.165) is 75.9 Å². The van der Waals surface area contributed by atoms with Crippen LogP contribution in [0, 0.1) is 0 Å². The predicted octanol–water partition coefficient (Wildman–Crippen LogP) is 11.2. The van der Waals surface area contributed by atoms with E-state index in [4.69, 9.17) is 5.73 Å². The molecule has 2 amide bonds. The van der Waals surface area contributed by atoms with Gasteiger partial charge in [0, 0.05) is 43.8 Å². The molecule has 0 unspecified atom stereocenters. The molecule has 3 N–H and O–H groups in total. The van der Waals surface area contributed by atoms with E-state index in [1.54, 1.807) is 62.8 Å². The number of hydrogen-bond acceptors (Lipinski definition) is 11. The van der Waals surface area contributed by atoms with Crippen LogP contribution in [0.5, 0.6) is 0 Å². The molecule has 6 rings (SSSR count). The number of hydrogen-bond donors (Lipinski definition) is 2. The van der Waals surface area contributed by atoms with E-state index in [1.165, 1.54) is 35.7 Å². The molecule has 6 aromatic heterocycles. The molecule has 0 bridgehead atoms. The molecule has 0 radical (unpaired) electrons.